The van der Waals surface area contributed by atoms with Crippen molar-refractivity contribution in [2.24, 2.45) is 11.8 Å². The zero-order valence-electron chi connectivity index (χ0n) is 7.71. The predicted octanol–water partition coefficient (Wildman–Crippen LogP) is 2.98. The summed E-state index contributed by atoms with van der Waals surface area (Å²) < 4.78 is 0. The highest BCUT2D eigenvalue weighted by molar-refractivity contribution is 5.16. The summed E-state index contributed by atoms with van der Waals surface area (Å²) in [5, 5.41) is 8.62. The summed E-state index contributed by atoms with van der Waals surface area (Å²) in [6.45, 7) is 7.95. The van der Waals surface area contributed by atoms with Crippen molar-refractivity contribution in [3.8, 4) is 0 Å². The van der Waals surface area contributed by atoms with Crippen molar-refractivity contribution >= 4 is 0 Å². The van der Waals surface area contributed by atoms with Gasteiger partial charge in [0, 0.05) is 5.92 Å². The highest BCUT2D eigenvalue weighted by Gasteiger charge is 2.23. The Morgan fingerprint density at radius 3 is 2.83 bits per heavy atom. The second-order valence-electron chi connectivity index (χ2n) is 3.61. The van der Waals surface area contributed by atoms with Gasteiger partial charge in [0.15, 0.2) is 0 Å². The van der Waals surface area contributed by atoms with Crippen molar-refractivity contribution in [1.29, 1.82) is 0 Å². The highest BCUT2D eigenvalue weighted by Crippen LogP contribution is 2.32. The van der Waals surface area contributed by atoms with E-state index in [-0.39, 0.29) is 5.92 Å². The Morgan fingerprint density at radius 1 is 1.67 bits per heavy atom. The number of hydrogen-bond acceptors (Lipinski definition) is 2. The molecular formula is C10H16O2. The molecule has 0 aliphatic heterocycles. The van der Waals surface area contributed by atoms with E-state index < -0.39 is 0 Å². The average molecular weight is 168 g/mol. The summed E-state index contributed by atoms with van der Waals surface area (Å²) >= 11 is 0. The molecule has 0 saturated heterocycles. The summed E-state index contributed by atoms with van der Waals surface area (Å²) in [4.78, 5) is 4.34. The Balaban J connectivity index is 2.77. The van der Waals surface area contributed by atoms with Crippen molar-refractivity contribution in [3.63, 3.8) is 0 Å². The van der Waals surface area contributed by atoms with Gasteiger partial charge in [0.2, 0.25) is 0 Å². The predicted molar refractivity (Wildman–Crippen MR) is 48.5 cm³/mol. The van der Waals surface area contributed by atoms with E-state index in [0.29, 0.717) is 11.7 Å². The summed E-state index contributed by atoms with van der Waals surface area (Å²) in [5.74, 6) is 1.38. The molecule has 0 saturated carbocycles. The van der Waals surface area contributed by atoms with E-state index in [1.54, 1.807) is 0 Å². The van der Waals surface area contributed by atoms with Crippen LogP contribution in [0, 0.1) is 11.8 Å². The molecule has 2 unspecified atom stereocenters. The van der Waals surface area contributed by atoms with Crippen LogP contribution in [0.15, 0.2) is 24.0 Å². The van der Waals surface area contributed by atoms with Gasteiger partial charge in [-0.15, -0.1) is 0 Å². The molecule has 0 radical (unpaired) electrons. The molecule has 2 atom stereocenters. The van der Waals surface area contributed by atoms with Gasteiger partial charge in [0.25, 0.3) is 0 Å². The van der Waals surface area contributed by atoms with E-state index in [1.165, 1.54) is 0 Å². The molecule has 0 fully saturated rings. The Labute approximate surface area is 73.5 Å². The molecule has 0 spiro atoms. The van der Waals surface area contributed by atoms with Crippen LogP contribution in [-0.2, 0) is 4.89 Å². The van der Waals surface area contributed by atoms with E-state index in [2.05, 4.69) is 18.4 Å². The molecule has 1 aliphatic carbocycles. The quantitative estimate of drug-likeness (QED) is 0.390. The second-order valence-corrected chi connectivity index (χ2v) is 3.61. The highest BCUT2D eigenvalue weighted by atomic mass is 17.1. The van der Waals surface area contributed by atoms with Crippen molar-refractivity contribution in [2.45, 2.75) is 26.7 Å². The van der Waals surface area contributed by atoms with Crippen LogP contribution in [0.25, 0.3) is 0 Å². The smallest absolute Gasteiger partial charge is 0.145 e. The molecule has 1 aliphatic rings. The maximum Gasteiger partial charge on any atom is 0.145 e. The minimum atomic E-state index is 0.214. The summed E-state index contributed by atoms with van der Waals surface area (Å²) in [6.07, 6.45) is 4.15. The van der Waals surface area contributed by atoms with Crippen molar-refractivity contribution in [3.05, 3.63) is 24.0 Å². The van der Waals surface area contributed by atoms with Crippen LogP contribution in [0.2, 0.25) is 0 Å². The fraction of sp³-hybridized carbons (Fsp3) is 0.600. The van der Waals surface area contributed by atoms with Crippen LogP contribution >= 0.6 is 0 Å². The van der Waals surface area contributed by atoms with Crippen LogP contribution in [-0.4, -0.2) is 5.26 Å². The van der Waals surface area contributed by atoms with Gasteiger partial charge in [-0.05, 0) is 31.8 Å². The van der Waals surface area contributed by atoms with E-state index >= 15 is 0 Å². The molecule has 68 valence electrons. The van der Waals surface area contributed by atoms with Gasteiger partial charge in [-0.25, -0.2) is 5.26 Å². The first-order chi connectivity index (χ1) is 5.65. The molecule has 12 heavy (non-hydrogen) atoms. The molecule has 0 aromatic carbocycles. The maximum absolute atomic E-state index is 8.62. The van der Waals surface area contributed by atoms with Gasteiger partial charge in [0.05, 0.1) is 0 Å². The standard InChI is InChI=1S/C10H16O2/c1-7(2)9-5-4-8(3)6-10(9)12-11/h6,8-9,11H,1,4-5H2,2-3H3. The zero-order valence-corrected chi connectivity index (χ0v) is 7.71. The Kier molecular flexibility index (Phi) is 2.93. The first-order valence-corrected chi connectivity index (χ1v) is 4.33. The largest absolute Gasteiger partial charge is 0.344 e. The van der Waals surface area contributed by atoms with Gasteiger partial charge in [-0.1, -0.05) is 19.1 Å². The molecule has 0 amide bonds. The topological polar surface area (TPSA) is 29.5 Å². The maximum atomic E-state index is 8.62. The van der Waals surface area contributed by atoms with E-state index in [1.807, 2.05) is 13.0 Å². The fourth-order valence-corrected chi connectivity index (χ4v) is 1.64. The van der Waals surface area contributed by atoms with Crippen LogP contribution < -0.4 is 0 Å². The lowest BCUT2D eigenvalue weighted by Gasteiger charge is -2.24. The summed E-state index contributed by atoms with van der Waals surface area (Å²) in [5.41, 5.74) is 1.06. The number of hydrogen-bond donors (Lipinski definition) is 1. The van der Waals surface area contributed by atoms with Crippen molar-refractivity contribution in [2.75, 3.05) is 0 Å². The Bertz CT molecular complexity index is 206. The third-order valence-electron chi connectivity index (χ3n) is 2.40. The van der Waals surface area contributed by atoms with Gasteiger partial charge in [0.1, 0.15) is 5.76 Å². The fourth-order valence-electron chi connectivity index (χ4n) is 1.64. The van der Waals surface area contributed by atoms with E-state index in [4.69, 9.17) is 5.26 Å². The SMILES string of the molecule is C=C(C)C1CCC(C)C=C1OO. The first-order valence-electron chi connectivity index (χ1n) is 4.33. The van der Waals surface area contributed by atoms with Crippen molar-refractivity contribution < 1.29 is 10.1 Å². The molecule has 0 heterocycles. The van der Waals surface area contributed by atoms with Crippen LogP contribution in [0.5, 0.6) is 0 Å². The van der Waals surface area contributed by atoms with E-state index in [0.717, 1.165) is 18.4 Å². The average Bonchev–Trinajstić information content (AvgIpc) is 2.03. The zero-order chi connectivity index (χ0) is 9.14. The van der Waals surface area contributed by atoms with Crippen LogP contribution in [0.1, 0.15) is 26.7 Å². The van der Waals surface area contributed by atoms with E-state index in [9.17, 15) is 0 Å². The third kappa shape index (κ3) is 1.89. The lowest BCUT2D eigenvalue weighted by molar-refractivity contribution is -0.211. The van der Waals surface area contributed by atoms with Crippen LogP contribution in [0.4, 0.5) is 0 Å². The van der Waals surface area contributed by atoms with Crippen LogP contribution in [0.3, 0.4) is 0 Å². The summed E-state index contributed by atoms with van der Waals surface area (Å²) in [7, 11) is 0. The molecule has 0 bridgehead atoms. The summed E-state index contributed by atoms with van der Waals surface area (Å²) in [6, 6.07) is 0. The van der Waals surface area contributed by atoms with Gasteiger partial charge >= 0.3 is 0 Å². The first kappa shape index (κ1) is 9.33. The van der Waals surface area contributed by atoms with Crippen molar-refractivity contribution in [1.82, 2.24) is 0 Å². The lowest BCUT2D eigenvalue weighted by atomic mass is 9.84. The van der Waals surface area contributed by atoms with Gasteiger partial charge < -0.3 is 4.89 Å². The Hall–Kier alpha value is -0.760. The molecule has 2 nitrogen and oxygen atoms in total. The molecule has 2 heteroatoms. The minimum absolute atomic E-state index is 0.214. The molecule has 1 rings (SSSR count). The normalized spacial score (nSPS) is 29.4. The minimum Gasteiger partial charge on any atom is -0.344 e. The molecule has 1 N–H and O–H groups in total. The third-order valence-corrected chi connectivity index (χ3v) is 2.40. The monoisotopic (exact) mass is 168 g/mol. The molecule has 0 aromatic rings. The second kappa shape index (κ2) is 3.76. The Morgan fingerprint density at radius 2 is 2.33 bits per heavy atom. The number of allylic oxidation sites excluding steroid dienone is 2. The lowest BCUT2D eigenvalue weighted by Crippen LogP contribution is -2.14. The van der Waals surface area contributed by atoms with Gasteiger partial charge in [-0.2, -0.15) is 0 Å². The molecular weight excluding hydrogens is 152 g/mol. The number of rotatable bonds is 2. The van der Waals surface area contributed by atoms with Gasteiger partial charge in [-0.3, -0.25) is 0 Å². The molecule has 0 aromatic heterocycles.